The van der Waals surface area contributed by atoms with Crippen molar-refractivity contribution in [2.45, 2.75) is 31.8 Å². The summed E-state index contributed by atoms with van der Waals surface area (Å²) < 4.78 is 16.4. The van der Waals surface area contributed by atoms with Gasteiger partial charge in [0.15, 0.2) is 0 Å². The van der Waals surface area contributed by atoms with Crippen LogP contribution < -0.4 is 0 Å². The Hall–Kier alpha value is -1.80. The molecule has 2 heterocycles. The van der Waals surface area contributed by atoms with E-state index in [-0.39, 0.29) is 19.8 Å². The summed E-state index contributed by atoms with van der Waals surface area (Å²) in [6.07, 6.45) is -1.88. The molecule has 7 nitrogen and oxygen atoms in total. The second-order valence-electron chi connectivity index (χ2n) is 5.18. The third kappa shape index (κ3) is 3.02. The number of rotatable bonds is 5. The molecule has 0 saturated carbocycles. The molecule has 2 aromatic rings. The van der Waals surface area contributed by atoms with Crippen LogP contribution in [0.2, 0.25) is 0 Å². The van der Waals surface area contributed by atoms with Gasteiger partial charge in [0.05, 0.1) is 19.8 Å². The lowest BCUT2D eigenvalue weighted by molar-refractivity contribution is -0.0339. The van der Waals surface area contributed by atoms with Crippen molar-refractivity contribution in [2.24, 2.45) is 0 Å². The van der Waals surface area contributed by atoms with Crippen LogP contribution in [-0.2, 0) is 16.1 Å². The molecule has 1 fully saturated rings. The summed E-state index contributed by atoms with van der Waals surface area (Å²) in [7, 11) is 0. The monoisotopic (exact) mass is 306 g/mol. The van der Waals surface area contributed by atoms with Crippen LogP contribution in [0.15, 0.2) is 28.7 Å². The molecule has 22 heavy (non-hydrogen) atoms. The van der Waals surface area contributed by atoms with E-state index in [4.69, 9.17) is 19.0 Å². The summed E-state index contributed by atoms with van der Waals surface area (Å²) in [6.45, 7) is 2.05. The summed E-state index contributed by atoms with van der Waals surface area (Å²) in [5, 5.41) is 26.9. The smallest absolute Gasteiger partial charge is 0.248 e. The molecule has 7 heteroatoms. The van der Waals surface area contributed by atoms with E-state index in [0.29, 0.717) is 11.8 Å². The van der Waals surface area contributed by atoms with Gasteiger partial charge in [0.25, 0.3) is 0 Å². The molecule has 1 aliphatic heterocycles. The average molecular weight is 306 g/mol. The highest BCUT2D eigenvalue weighted by molar-refractivity contribution is 5.57. The molecule has 1 aromatic carbocycles. The van der Waals surface area contributed by atoms with Crippen LogP contribution in [0.5, 0.6) is 0 Å². The fourth-order valence-electron chi connectivity index (χ4n) is 2.42. The molecule has 0 amide bonds. The molecular formula is C15H18N2O5. The molecule has 1 saturated heterocycles. The number of aryl methyl sites for hydroxylation is 1. The number of aromatic nitrogens is 2. The van der Waals surface area contributed by atoms with Crippen molar-refractivity contribution in [3.05, 3.63) is 35.7 Å². The van der Waals surface area contributed by atoms with Crippen LogP contribution in [0.3, 0.4) is 0 Å². The van der Waals surface area contributed by atoms with Crippen molar-refractivity contribution in [2.75, 3.05) is 13.2 Å². The van der Waals surface area contributed by atoms with Crippen molar-refractivity contribution in [3.8, 4) is 11.5 Å². The van der Waals surface area contributed by atoms with Gasteiger partial charge in [-0.1, -0.05) is 18.2 Å². The Morgan fingerprint density at radius 3 is 2.82 bits per heavy atom. The van der Waals surface area contributed by atoms with Gasteiger partial charge >= 0.3 is 0 Å². The molecule has 0 spiro atoms. The molecule has 0 aliphatic carbocycles. The van der Waals surface area contributed by atoms with Crippen molar-refractivity contribution in [1.29, 1.82) is 0 Å². The first kappa shape index (κ1) is 15.1. The lowest BCUT2D eigenvalue weighted by Gasteiger charge is -2.17. The van der Waals surface area contributed by atoms with Crippen molar-refractivity contribution >= 4 is 0 Å². The zero-order valence-corrected chi connectivity index (χ0v) is 12.2. The quantitative estimate of drug-likeness (QED) is 0.838. The van der Waals surface area contributed by atoms with Crippen LogP contribution >= 0.6 is 0 Å². The minimum absolute atomic E-state index is 0.223. The summed E-state index contributed by atoms with van der Waals surface area (Å²) in [6, 6.07) is 7.56. The van der Waals surface area contributed by atoms with E-state index >= 15 is 0 Å². The second kappa shape index (κ2) is 6.53. The van der Waals surface area contributed by atoms with E-state index < -0.39 is 18.3 Å². The van der Waals surface area contributed by atoms with Crippen LogP contribution in [0.1, 0.15) is 11.5 Å². The Morgan fingerprint density at radius 2 is 2.14 bits per heavy atom. The highest BCUT2D eigenvalue weighted by Gasteiger charge is 2.36. The summed E-state index contributed by atoms with van der Waals surface area (Å²) >= 11 is 0. The standard InChI is InChI=1S/C15H18N2O5/c1-9-16-17-15(22-9)11-5-3-2-4-10(11)7-20-13-8-21-12(6-18)14(13)19/h2-5,12-14,18-19H,6-8H2,1H3/t12-,13+,14-/m1/s1. The van der Waals surface area contributed by atoms with E-state index in [2.05, 4.69) is 10.2 Å². The molecular weight excluding hydrogens is 288 g/mol. The maximum Gasteiger partial charge on any atom is 0.248 e. The van der Waals surface area contributed by atoms with Crippen LogP contribution in [0.4, 0.5) is 0 Å². The Bertz CT molecular complexity index is 630. The topological polar surface area (TPSA) is 97.8 Å². The molecule has 118 valence electrons. The average Bonchev–Trinajstić information content (AvgIpc) is 3.11. The molecule has 0 radical (unpaired) electrons. The first-order chi connectivity index (χ1) is 10.7. The highest BCUT2D eigenvalue weighted by Crippen LogP contribution is 2.25. The summed E-state index contributed by atoms with van der Waals surface area (Å²) in [5.41, 5.74) is 1.68. The van der Waals surface area contributed by atoms with Gasteiger partial charge in [-0.15, -0.1) is 10.2 Å². The zero-order chi connectivity index (χ0) is 15.5. The Morgan fingerprint density at radius 1 is 1.32 bits per heavy atom. The fraction of sp³-hybridized carbons (Fsp3) is 0.467. The zero-order valence-electron chi connectivity index (χ0n) is 12.2. The predicted molar refractivity (Wildman–Crippen MR) is 75.9 cm³/mol. The van der Waals surface area contributed by atoms with Crippen LogP contribution in [-0.4, -0.2) is 51.9 Å². The molecule has 3 rings (SSSR count). The number of nitrogens with zero attached hydrogens (tertiary/aromatic N) is 2. The lowest BCUT2D eigenvalue weighted by Crippen LogP contribution is -2.34. The van der Waals surface area contributed by atoms with E-state index in [1.165, 1.54) is 0 Å². The van der Waals surface area contributed by atoms with Crippen molar-refractivity contribution in [3.63, 3.8) is 0 Å². The van der Waals surface area contributed by atoms with E-state index in [1.807, 2.05) is 24.3 Å². The fourth-order valence-corrected chi connectivity index (χ4v) is 2.42. The van der Waals surface area contributed by atoms with Gasteiger partial charge < -0.3 is 24.1 Å². The van der Waals surface area contributed by atoms with E-state index in [9.17, 15) is 5.11 Å². The van der Waals surface area contributed by atoms with Gasteiger partial charge in [0.2, 0.25) is 11.8 Å². The van der Waals surface area contributed by atoms with Gasteiger partial charge in [-0.2, -0.15) is 0 Å². The normalized spacial score (nSPS) is 24.8. The Kier molecular flexibility index (Phi) is 4.49. The van der Waals surface area contributed by atoms with Gasteiger partial charge in [0, 0.05) is 12.5 Å². The molecule has 3 atom stereocenters. The SMILES string of the molecule is Cc1nnc(-c2ccccc2CO[C@H]2CO[C@H](CO)[C@H]2O)o1. The molecule has 0 bridgehead atoms. The highest BCUT2D eigenvalue weighted by atomic mass is 16.6. The number of aliphatic hydroxyl groups is 2. The predicted octanol–water partition coefficient (Wildman–Crippen LogP) is 0.682. The van der Waals surface area contributed by atoms with Crippen molar-refractivity contribution in [1.82, 2.24) is 10.2 Å². The van der Waals surface area contributed by atoms with E-state index in [0.717, 1.165) is 11.1 Å². The first-order valence-corrected chi connectivity index (χ1v) is 7.09. The number of aliphatic hydroxyl groups excluding tert-OH is 2. The van der Waals surface area contributed by atoms with Gasteiger partial charge in [-0.25, -0.2) is 0 Å². The van der Waals surface area contributed by atoms with Crippen LogP contribution in [0, 0.1) is 6.92 Å². The number of benzene rings is 1. The van der Waals surface area contributed by atoms with Crippen LogP contribution in [0.25, 0.3) is 11.5 Å². The molecule has 2 N–H and O–H groups in total. The largest absolute Gasteiger partial charge is 0.421 e. The van der Waals surface area contributed by atoms with Gasteiger partial charge in [0.1, 0.15) is 18.3 Å². The number of ether oxygens (including phenoxy) is 2. The first-order valence-electron chi connectivity index (χ1n) is 7.09. The van der Waals surface area contributed by atoms with Gasteiger partial charge in [-0.05, 0) is 11.6 Å². The molecule has 1 aromatic heterocycles. The van der Waals surface area contributed by atoms with Crippen molar-refractivity contribution < 1.29 is 24.1 Å². The number of hydrogen-bond acceptors (Lipinski definition) is 7. The van der Waals surface area contributed by atoms with Gasteiger partial charge in [-0.3, -0.25) is 0 Å². The number of hydrogen-bond donors (Lipinski definition) is 2. The Labute approximate surface area is 127 Å². The second-order valence-corrected chi connectivity index (χ2v) is 5.18. The molecule has 0 unspecified atom stereocenters. The minimum Gasteiger partial charge on any atom is -0.421 e. The van der Waals surface area contributed by atoms with E-state index in [1.54, 1.807) is 6.92 Å². The lowest BCUT2D eigenvalue weighted by atomic mass is 10.1. The summed E-state index contributed by atoms with van der Waals surface area (Å²) in [5.74, 6) is 0.935. The maximum absolute atomic E-state index is 9.97. The minimum atomic E-state index is -0.831. The Balaban J connectivity index is 1.71. The summed E-state index contributed by atoms with van der Waals surface area (Å²) in [4.78, 5) is 0. The molecule has 1 aliphatic rings. The third-order valence-corrected chi connectivity index (χ3v) is 3.64. The third-order valence-electron chi connectivity index (χ3n) is 3.64. The maximum atomic E-state index is 9.97.